The second-order valence-corrected chi connectivity index (χ2v) is 3.30. The Labute approximate surface area is 58.0 Å². The fourth-order valence-corrected chi connectivity index (χ4v) is 1.37. The van der Waals surface area contributed by atoms with Gasteiger partial charge in [-0.1, -0.05) is 26.0 Å². The van der Waals surface area contributed by atoms with E-state index in [1.54, 1.807) is 0 Å². The molecule has 0 aromatic rings. The van der Waals surface area contributed by atoms with Crippen LogP contribution in [0.25, 0.3) is 0 Å². The number of hydrogen-bond donors (Lipinski definition) is 0. The lowest BCUT2D eigenvalue weighted by molar-refractivity contribution is 0.352. The van der Waals surface area contributed by atoms with Crippen LogP contribution in [0.15, 0.2) is 12.2 Å². The van der Waals surface area contributed by atoms with E-state index < -0.39 is 0 Å². The van der Waals surface area contributed by atoms with E-state index in [-0.39, 0.29) is 0 Å². The van der Waals surface area contributed by atoms with E-state index in [0.29, 0.717) is 5.41 Å². The minimum atomic E-state index is 0.540. The van der Waals surface area contributed by atoms with Crippen molar-refractivity contribution >= 4 is 0 Å². The van der Waals surface area contributed by atoms with Gasteiger partial charge in [-0.15, -0.1) is 0 Å². The Morgan fingerprint density at radius 1 is 1.56 bits per heavy atom. The summed E-state index contributed by atoms with van der Waals surface area (Å²) in [5.74, 6) is 0. The van der Waals surface area contributed by atoms with E-state index >= 15 is 0 Å². The quantitative estimate of drug-likeness (QED) is 0.471. The van der Waals surface area contributed by atoms with Gasteiger partial charge >= 0.3 is 0 Å². The van der Waals surface area contributed by atoms with Crippen LogP contribution in [0.2, 0.25) is 0 Å². The minimum absolute atomic E-state index is 0.540. The van der Waals surface area contributed by atoms with E-state index in [1.807, 2.05) is 0 Å². The van der Waals surface area contributed by atoms with Crippen molar-refractivity contribution in [1.82, 2.24) is 0 Å². The van der Waals surface area contributed by atoms with E-state index in [1.165, 1.54) is 25.7 Å². The Hall–Kier alpha value is -0.260. The molecule has 0 saturated carbocycles. The molecule has 0 aromatic carbocycles. The molecular formula is C9H16. The van der Waals surface area contributed by atoms with Gasteiger partial charge in [-0.05, 0) is 31.1 Å². The Morgan fingerprint density at radius 2 is 2.33 bits per heavy atom. The largest absolute Gasteiger partial charge is 0.0880 e. The van der Waals surface area contributed by atoms with E-state index in [4.69, 9.17) is 0 Å². The second-order valence-electron chi connectivity index (χ2n) is 3.30. The smallest absolute Gasteiger partial charge is 0.0149 e. The van der Waals surface area contributed by atoms with E-state index in [2.05, 4.69) is 26.0 Å². The van der Waals surface area contributed by atoms with Gasteiger partial charge < -0.3 is 0 Å². The summed E-state index contributed by atoms with van der Waals surface area (Å²) in [6.45, 7) is 4.62. The fraction of sp³-hybridized carbons (Fsp3) is 0.778. The van der Waals surface area contributed by atoms with Crippen LogP contribution in [-0.4, -0.2) is 0 Å². The highest BCUT2D eigenvalue weighted by Gasteiger charge is 2.19. The third-order valence-corrected chi connectivity index (χ3v) is 2.45. The van der Waals surface area contributed by atoms with Crippen molar-refractivity contribution < 1.29 is 0 Å². The third kappa shape index (κ3) is 1.57. The van der Waals surface area contributed by atoms with Crippen molar-refractivity contribution in [3.8, 4) is 0 Å². The molecule has 1 unspecified atom stereocenters. The summed E-state index contributed by atoms with van der Waals surface area (Å²) < 4.78 is 0. The lowest BCUT2D eigenvalue weighted by atomic mass is 9.79. The Morgan fingerprint density at radius 3 is 2.67 bits per heavy atom. The summed E-state index contributed by atoms with van der Waals surface area (Å²) in [5.41, 5.74) is 0.540. The maximum Gasteiger partial charge on any atom is -0.0149 e. The maximum absolute atomic E-state index is 2.39. The molecule has 0 nitrogen and oxygen atoms in total. The molecule has 0 bridgehead atoms. The van der Waals surface area contributed by atoms with Crippen LogP contribution in [0.3, 0.4) is 0 Å². The molecule has 0 aromatic heterocycles. The van der Waals surface area contributed by atoms with Crippen LogP contribution < -0.4 is 0 Å². The minimum Gasteiger partial charge on any atom is -0.0880 e. The van der Waals surface area contributed by atoms with Crippen LogP contribution in [0.4, 0.5) is 0 Å². The number of rotatable bonds is 1. The van der Waals surface area contributed by atoms with Gasteiger partial charge in [-0.25, -0.2) is 0 Å². The molecular weight excluding hydrogens is 108 g/mol. The van der Waals surface area contributed by atoms with Crippen molar-refractivity contribution in [1.29, 1.82) is 0 Å². The lowest BCUT2D eigenvalue weighted by Gasteiger charge is -2.26. The van der Waals surface area contributed by atoms with Crippen molar-refractivity contribution in [3.05, 3.63) is 12.2 Å². The summed E-state index contributed by atoms with van der Waals surface area (Å²) in [5, 5.41) is 0. The fourth-order valence-electron chi connectivity index (χ4n) is 1.37. The Bertz CT molecular complexity index is 113. The van der Waals surface area contributed by atoms with Gasteiger partial charge in [-0.3, -0.25) is 0 Å². The number of hydrogen-bond acceptors (Lipinski definition) is 0. The molecule has 0 fully saturated rings. The van der Waals surface area contributed by atoms with Gasteiger partial charge in [0.2, 0.25) is 0 Å². The van der Waals surface area contributed by atoms with Crippen molar-refractivity contribution in [2.24, 2.45) is 5.41 Å². The zero-order valence-corrected chi connectivity index (χ0v) is 6.48. The summed E-state index contributed by atoms with van der Waals surface area (Å²) in [4.78, 5) is 0. The van der Waals surface area contributed by atoms with E-state index in [0.717, 1.165) is 0 Å². The molecule has 52 valence electrons. The summed E-state index contributed by atoms with van der Waals surface area (Å²) >= 11 is 0. The molecule has 9 heavy (non-hydrogen) atoms. The first-order valence-electron chi connectivity index (χ1n) is 3.94. The third-order valence-electron chi connectivity index (χ3n) is 2.45. The predicted octanol–water partition coefficient (Wildman–Crippen LogP) is 3.14. The lowest BCUT2D eigenvalue weighted by Crippen LogP contribution is -2.13. The molecule has 1 aliphatic carbocycles. The zero-order valence-electron chi connectivity index (χ0n) is 6.48. The van der Waals surface area contributed by atoms with Crippen LogP contribution in [0.1, 0.15) is 39.5 Å². The highest BCUT2D eigenvalue weighted by molar-refractivity contribution is 5.00. The summed E-state index contributed by atoms with van der Waals surface area (Å²) in [7, 11) is 0. The molecule has 0 N–H and O–H groups in total. The molecule has 0 heterocycles. The normalized spacial score (nSPS) is 34.9. The maximum atomic E-state index is 2.39. The molecule has 1 rings (SSSR count). The topological polar surface area (TPSA) is 0 Å². The highest BCUT2D eigenvalue weighted by atomic mass is 14.2. The first-order chi connectivity index (χ1) is 4.27. The highest BCUT2D eigenvalue weighted by Crippen LogP contribution is 2.32. The predicted molar refractivity (Wildman–Crippen MR) is 41.4 cm³/mol. The van der Waals surface area contributed by atoms with Crippen molar-refractivity contribution in [2.45, 2.75) is 39.5 Å². The van der Waals surface area contributed by atoms with Crippen molar-refractivity contribution in [2.75, 3.05) is 0 Å². The molecule has 0 heteroatoms. The summed E-state index contributed by atoms with van der Waals surface area (Å²) in [6, 6.07) is 0. The molecule has 0 aliphatic heterocycles. The van der Waals surface area contributed by atoms with Gasteiger partial charge in [-0.2, -0.15) is 0 Å². The van der Waals surface area contributed by atoms with Gasteiger partial charge in [0, 0.05) is 0 Å². The Kier molecular flexibility index (Phi) is 1.94. The average Bonchev–Trinajstić information content (AvgIpc) is 1.90. The molecule has 1 atom stereocenters. The van der Waals surface area contributed by atoms with Crippen LogP contribution in [-0.2, 0) is 0 Å². The number of allylic oxidation sites excluding steroid dienone is 2. The molecule has 1 aliphatic rings. The first-order valence-corrected chi connectivity index (χ1v) is 3.94. The van der Waals surface area contributed by atoms with Gasteiger partial charge in [0.25, 0.3) is 0 Å². The summed E-state index contributed by atoms with van der Waals surface area (Å²) in [6.07, 6.45) is 10.1. The molecule has 0 spiro atoms. The first kappa shape index (κ1) is 6.85. The Balaban J connectivity index is 2.56. The van der Waals surface area contributed by atoms with Gasteiger partial charge in [0.05, 0.1) is 0 Å². The molecule has 0 saturated heterocycles. The standard InChI is InChI=1S/C9H16/c1-3-9(2)7-5-4-6-8-9/h5,7H,3-4,6,8H2,1-2H3. The molecule has 0 radical (unpaired) electrons. The second kappa shape index (κ2) is 2.55. The van der Waals surface area contributed by atoms with Crippen LogP contribution in [0.5, 0.6) is 0 Å². The van der Waals surface area contributed by atoms with Gasteiger partial charge in [0.15, 0.2) is 0 Å². The average molecular weight is 124 g/mol. The van der Waals surface area contributed by atoms with Crippen LogP contribution >= 0.6 is 0 Å². The van der Waals surface area contributed by atoms with Crippen molar-refractivity contribution in [3.63, 3.8) is 0 Å². The SMILES string of the molecule is CCC1(C)C=CCCC1. The zero-order chi connectivity index (χ0) is 6.74. The van der Waals surface area contributed by atoms with E-state index in [9.17, 15) is 0 Å². The van der Waals surface area contributed by atoms with Crippen LogP contribution in [0, 0.1) is 5.41 Å². The monoisotopic (exact) mass is 124 g/mol. The van der Waals surface area contributed by atoms with Gasteiger partial charge in [0.1, 0.15) is 0 Å². The molecule has 0 amide bonds.